The summed E-state index contributed by atoms with van der Waals surface area (Å²) in [6, 6.07) is 5.38. The third-order valence-corrected chi connectivity index (χ3v) is 4.13. The van der Waals surface area contributed by atoms with Crippen LogP contribution >= 0.6 is 0 Å². The topological polar surface area (TPSA) is 66.4 Å². The molecule has 0 aliphatic heterocycles. The van der Waals surface area contributed by atoms with Gasteiger partial charge in [0.05, 0.1) is 5.75 Å². The molecule has 0 aliphatic rings. The number of nitrogens with one attached hydrogen (secondary N) is 1. The van der Waals surface area contributed by atoms with Gasteiger partial charge in [0.25, 0.3) is 0 Å². The van der Waals surface area contributed by atoms with Gasteiger partial charge in [0.15, 0.2) is 0 Å². The van der Waals surface area contributed by atoms with Gasteiger partial charge >= 0.3 is 0 Å². The molecule has 0 atom stereocenters. The molecule has 0 heterocycles. The molecule has 0 bridgehead atoms. The molecule has 1 aromatic carbocycles. The maximum atomic E-state index is 12.7. The molecule has 0 saturated carbocycles. The fourth-order valence-electron chi connectivity index (χ4n) is 1.55. The summed E-state index contributed by atoms with van der Waals surface area (Å²) in [6.45, 7) is 4.04. The van der Waals surface area contributed by atoms with Crippen molar-refractivity contribution >= 4 is 10.0 Å². The predicted molar refractivity (Wildman–Crippen MR) is 72.5 cm³/mol. The van der Waals surface area contributed by atoms with Gasteiger partial charge < -0.3 is 5.11 Å². The lowest BCUT2D eigenvalue weighted by Crippen LogP contribution is -2.35. The van der Waals surface area contributed by atoms with Crippen LogP contribution < -0.4 is 4.72 Å². The molecular formula is C13H20FNO3S. The molecule has 1 aromatic rings. The average Bonchev–Trinajstić information content (AvgIpc) is 2.30. The molecule has 0 unspecified atom stereocenters. The van der Waals surface area contributed by atoms with Crippen molar-refractivity contribution in [3.63, 3.8) is 0 Å². The van der Waals surface area contributed by atoms with Crippen molar-refractivity contribution in [2.45, 2.75) is 26.0 Å². The number of hydrogen-bond donors (Lipinski definition) is 2. The number of rotatable bonds is 7. The lowest BCUT2D eigenvalue weighted by atomic mass is 9.90. The minimum Gasteiger partial charge on any atom is -0.396 e. The van der Waals surface area contributed by atoms with Gasteiger partial charge in [-0.3, -0.25) is 0 Å². The largest absolute Gasteiger partial charge is 0.396 e. The van der Waals surface area contributed by atoms with E-state index < -0.39 is 15.8 Å². The van der Waals surface area contributed by atoms with Crippen LogP contribution in [0.1, 0.15) is 25.8 Å². The van der Waals surface area contributed by atoms with E-state index in [1.807, 2.05) is 13.8 Å². The quantitative estimate of drug-likeness (QED) is 0.802. The normalized spacial score (nSPS) is 12.6. The van der Waals surface area contributed by atoms with Gasteiger partial charge in [-0.1, -0.05) is 26.0 Å². The zero-order valence-corrected chi connectivity index (χ0v) is 12.0. The van der Waals surface area contributed by atoms with Crippen molar-refractivity contribution in [2.24, 2.45) is 5.41 Å². The smallest absolute Gasteiger partial charge is 0.215 e. The zero-order chi connectivity index (χ0) is 14.5. The Morgan fingerprint density at radius 3 is 2.37 bits per heavy atom. The van der Waals surface area contributed by atoms with Crippen LogP contribution in [0.2, 0.25) is 0 Å². The van der Waals surface area contributed by atoms with E-state index in [9.17, 15) is 12.8 Å². The molecular weight excluding hydrogens is 269 g/mol. The lowest BCUT2D eigenvalue weighted by molar-refractivity contribution is 0.213. The summed E-state index contributed by atoms with van der Waals surface area (Å²) < 4.78 is 39.0. The summed E-state index contributed by atoms with van der Waals surface area (Å²) >= 11 is 0. The molecule has 6 heteroatoms. The van der Waals surface area contributed by atoms with Crippen molar-refractivity contribution in [3.05, 3.63) is 35.6 Å². The minimum atomic E-state index is -3.45. The molecule has 19 heavy (non-hydrogen) atoms. The van der Waals surface area contributed by atoms with Crippen molar-refractivity contribution in [3.8, 4) is 0 Å². The molecule has 1 rings (SSSR count). The first-order chi connectivity index (χ1) is 8.74. The number of halogens is 1. The molecule has 2 N–H and O–H groups in total. The second kappa shape index (κ2) is 6.45. The maximum Gasteiger partial charge on any atom is 0.215 e. The Bertz CT molecular complexity index is 497. The Morgan fingerprint density at radius 2 is 1.84 bits per heavy atom. The Labute approximate surface area is 113 Å². The average molecular weight is 289 g/mol. The van der Waals surface area contributed by atoms with Gasteiger partial charge in [0.1, 0.15) is 5.82 Å². The molecule has 108 valence electrons. The standard InChI is InChI=1S/C13H20FNO3S/c1-13(2,7-8-16)10-15-19(17,18)9-11-3-5-12(14)6-4-11/h3-6,15-16H,7-10H2,1-2H3. The maximum absolute atomic E-state index is 12.7. The summed E-state index contributed by atoms with van der Waals surface area (Å²) in [4.78, 5) is 0. The Morgan fingerprint density at radius 1 is 1.26 bits per heavy atom. The Kier molecular flexibility index (Phi) is 5.46. The van der Waals surface area contributed by atoms with Crippen LogP contribution in [0.4, 0.5) is 4.39 Å². The summed E-state index contributed by atoms with van der Waals surface area (Å²) in [6.07, 6.45) is 0.520. The van der Waals surface area contributed by atoms with E-state index in [0.717, 1.165) is 0 Å². The van der Waals surface area contributed by atoms with Gasteiger partial charge in [0.2, 0.25) is 10.0 Å². The van der Waals surface area contributed by atoms with Crippen molar-refractivity contribution in [1.82, 2.24) is 4.72 Å². The number of sulfonamides is 1. The zero-order valence-electron chi connectivity index (χ0n) is 11.2. The molecule has 0 aromatic heterocycles. The second-order valence-electron chi connectivity index (χ2n) is 5.34. The first-order valence-corrected chi connectivity index (χ1v) is 7.72. The Balaban J connectivity index is 2.59. The van der Waals surface area contributed by atoms with E-state index in [2.05, 4.69) is 4.72 Å². The van der Waals surface area contributed by atoms with Crippen LogP contribution in [0.5, 0.6) is 0 Å². The summed E-state index contributed by atoms with van der Waals surface area (Å²) in [5.74, 6) is -0.569. The van der Waals surface area contributed by atoms with Crippen molar-refractivity contribution < 1.29 is 17.9 Å². The molecule has 0 saturated heterocycles. The number of aliphatic hydroxyl groups is 1. The Hall–Kier alpha value is -0.980. The van der Waals surface area contributed by atoms with Crippen molar-refractivity contribution in [2.75, 3.05) is 13.2 Å². The molecule has 0 aliphatic carbocycles. The highest BCUT2D eigenvalue weighted by Crippen LogP contribution is 2.18. The van der Waals surface area contributed by atoms with Crippen LogP contribution in [-0.2, 0) is 15.8 Å². The van der Waals surface area contributed by atoms with E-state index in [-0.39, 0.29) is 24.3 Å². The van der Waals surface area contributed by atoms with Crippen LogP contribution in [0, 0.1) is 11.2 Å². The van der Waals surface area contributed by atoms with Crippen LogP contribution in [0.25, 0.3) is 0 Å². The first kappa shape index (κ1) is 16.1. The number of benzene rings is 1. The molecule has 0 fully saturated rings. The van der Waals surface area contributed by atoms with E-state index in [4.69, 9.17) is 5.11 Å². The fraction of sp³-hybridized carbons (Fsp3) is 0.538. The SMILES string of the molecule is CC(C)(CCO)CNS(=O)(=O)Cc1ccc(F)cc1. The monoisotopic (exact) mass is 289 g/mol. The summed E-state index contributed by atoms with van der Waals surface area (Å²) in [5.41, 5.74) is 0.235. The van der Waals surface area contributed by atoms with Crippen LogP contribution in [0.3, 0.4) is 0 Å². The van der Waals surface area contributed by atoms with Gasteiger partial charge in [-0.2, -0.15) is 0 Å². The van der Waals surface area contributed by atoms with Crippen LogP contribution in [-0.4, -0.2) is 26.7 Å². The summed E-state index contributed by atoms with van der Waals surface area (Å²) in [7, 11) is -3.45. The van der Waals surface area contributed by atoms with Gasteiger partial charge in [-0.05, 0) is 29.5 Å². The van der Waals surface area contributed by atoms with E-state index >= 15 is 0 Å². The predicted octanol–water partition coefficient (Wildman–Crippen LogP) is 1.65. The first-order valence-electron chi connectivity index (χ1n) is 6.07. The van der Waals surface area contributed by atoms with E-state index in [0.29, 0.717) is 12.0 Å². The molecule has 0 radical (unpaired) electrons. The number of aliphatic hydroxyl groups excluding tert-OH is 1. The second-order valence-corrected chi connectivity index (χ2v) is 7.15. The molecule has 0 amide bonds. The number of hydrogen-bond acceptors (Lipinski definition) is 3. The lowest BCUT2D eigenvalue weighted by Gasteiger charge is -2.23. The highest BCUT2D eigenvalue weighted by Gasteiger charge is 2.20. The summed E-state index contributed by atoms with van der Waals surface area (Å²) in [5, 5.41) is 8.88. The third kappa shape index (κ3) is 6.13. The third-order valence-electron chi connectivity index (χ3n) is 2.83. The highest BCUT2D eigenvalue weighted by molar-refractivity contribution is 7.88. The van der Waals surface area contributed by atoms with Crippen LogP contribution in [0.15, 0.2) is 24.3 Å². The minimum absolute atomic E-state index is 0.0205. The fourth-order valence-corrected chi connectivity index (χ4v) is 2.89. The van der Waals surface area contributed by atoms with Gasteiger partial charge in [-0.25, -0.2) is 17.5 Å². The van der Waals surface area contributed by atoms with Crippen molar-refractivity contribution in [1.29, 1.82) is 0 Å². The highest BCUT2D eigenvalue weighted by atomic mass is 32.2. The van der Waals surface area contributed by atoms with E-state index in [1.165, 1.54) is 24.3 Å². The molecule has 0 spiro atoms. The van der Waals surface area contributed by atoms with Gasteiger partial charge in [-0.15, -0.1) is 0 Å². The van der Waals surface area contributed by atoms with E-state index in [1.54, 1.807) is 0 Å². The van der Waals surface area contributed by atoms with Gasteiger partial charge in [0, 0.05) is 13.2 Å². The molecule has 4 nitrogen and oxygen atoms in total.